The zero-order valence-corrected chi connectivity index (χ0v) is 15.5. The second-order valence-electron chi connectivity index (χ2n) is 5.46. The molecule has 1 atom stereocenters. The van der Waals surface area contributed by atoms with Gasteiger partial charge in [0.15, 0.2) is 5.82 Å². The molecular weight excluding hydrogens is 382 g/mol. The predicted octanol–water partition coefficient (Wildman–Crippen LogP) is 2.79. The molecular formula is C15H21BrClN5O. The Bertz CT molecular complexity index is 642. The molecule has 6 nitrogen and oxygen atoms in total. The van der Waals surface area contributed by atoms with Gasteiger partial charge < -0.3 is 11.1 Å². The molecule has 2 aromatic rings. The zero-order valence-electron chi connectivity index (χ0n) is 13.1. The number of hydrogen-bond donors (Lipinski definition) is 3. The van der Waals surface area contributed by atoms with E-state index in [-0.39, 0.29) is 24.9 Å². The van der Waals surface area contributed by atoms with Gasteiger partial charge in [0.2, 0.25) is 5.91 Å². The van der Waals surface area contributed by atoms with Crippen molar-refractivity contribution in [2.45, 2.75) is 38.8 Å². The Morgan fingerprint density at radius 2 is 2.04 bits per heavy atom. The largest absolute Gasteiger partial charge is 0.347 e. The van der Waals surface area contributed by atoms with Crippen molar-refractivity contribution in [1.82, 2.24) is 20.5 Å². The molecule has 0 radical (unpaired) electrons. The average molecular weight is 403 g/mol. The Morgan fingerprint density at radius 3 is 2.65 bits per heavy atom. The van der Waals surface area contributed by atoms with E-state index in [4.69, 9.17) is 5.73 Å². The van der Waals surface area contributed by atoms with E-state index in [0.717, 1.165) is 16.5 Å². The maximum Gasteiger partial charge on any atom is 0.240 e. The molecule has 2 rings (SSSR count). The molecule has 1 unspecified atom stereocenters. The number of hydrogen-bond acceptors (Lipinski definition) is 4. The minimum atomic E-state index is -0.858. The van der Waals surface area contributed by atoms with Crippen LogP contribution in [0.15, 0.2) is 28.7 Å². The molecule has 1 amide bonds. The molecule has 0 spiro atoms. The zero-order chi connectivity index (χ0) is 16.2. The van der Waals surface area contributed by atoms with Gasteiger partial charge in [-0.3, -0.25) is 9.89 Å². The van der Waals surface area contributed by atoms with Gasteiger partial charge in [-0.25, -0.2) is 4.98 Å². The van der Waals surface area contributed by atoms with Crippen molar-refractivity contribution in [3.05, 3.63) is 34.6 Å². The summed E-state index contributed by atoms with van der Waals surface area (Å²) in [5.41, 5.74) is 6.03. The molecule has 0 saturated carbocycles. The van der Waals surface area contributed by atoms with Gasteiger partial charge in [0.05, 0.1) is 12.1 Å². The van der Waals surface area contributed by atoms with Crippen LogP contribution >= 0.6 is 28.3 Å². The van der Waals surface area contributed by atoms with Crippen LogP contribution in [0.1, 0.15) is 32.5 Å². The Morgan fingerprint density at radius 1 is 1.39 bits per heavy atom. The normalized spacial score (nSPS) is 13.0. The fourth-order valence-electron chi connectivity index (χ4n) is 2.10. The third kappa shape index (κ3) is 5.30. The van der Waals surface area contributed by atoms with Crippen LogP contribution in [-0.4, -0.2) is 26.6 Å². The van der Waals surface area contributed by atoms with Gasteiger partial charge in [-0.2, -0.15) is 5.10 Å². The molecule has 0 aliphatic heterocycles. The van der Waals surface area contributed by atoms with E-state index < -0.39 is 5.54 Å². The highest BCUT2D eigenvalue weighted by molar-refractivity contribution is 9.10. The van der Waals surface area contributed by atoms with Crippen LogP contribution in [0.25, 0.3) is 11.4 Å². The maximum atomic E-state index is 12.0. The number of benzene rings is 1. The summed E-state index contributed by atoms with van der Waals surface area (Å²) in [6, 6.07) is 7.71. The topological polar surface area (TPSA) is 96.7 Å². The number of aromatic amines is 1. The smallest absolute Gasteiger partial charge is 0.240 e. The average Bonchev–Trinajstić information content (AvgIpc) is 2.94. The molecule has 126 valence electrons. The van der Waals surface area contributed by atoms with Gasteiger partial charge >= 0.3 is 0 Å². The van der Waals surface area contributed by atoms with Crippen molar-refractivity contribution in [2.24, 2.45) is 5.73 Å². The molecule has 0 aliphatic carbocycles. The van der Waals surface area contributed by atoms with Crippen molar-refractivity contribution in [3.63, 3.8) is 0 Å². The number of nitrogens with zero attached hydrogens (tertiary/aromatic N) is 2. The van der Waals surface area contributed by atoms with Crippen molar-refractivity contribution in [3.8, 4) is 11.4 Å². The lowest BCUT2D eigenvalue weighted by Gasteiger charge is -2.22. The summed E-state index contributed by atoms with van der Waals surface area (Å²) >= 11 is 3.39. The van der Waals surface area contributed by atoms with Gasteiger partial charge in [0.25, 0.3) is 0 Å². The first kappa shape index (κ1) is 19.6. The first-order chi connectivity index (χ1) is 10.4. The summed E-state index contributed by atoms with van der Waals surface area (Å²) in [5, 5.41) is 9.78. The Labute approximate surface area is 150 Å². The molecule has 0 bridgehead atoms. The fourth-order valence-corrected chi connectivity index (χ4v) is 2.37. The molecule has 23 heavy (non-hydrogen) atoms. The van der Waals surface area contributed by atoms with Crippen molar-refractivity contribution < 1.29 is 4.79 Å². The summed E-state index contributed by atoms with van der Waals surface area (Å²) in [6.45, 7) is 4.01. The van der Waals surface area contributed by atoms with E-state index in [2.05, 4.69) is 36.4 Å². The van der Waals surface area contributed by atoms with Gasteiger partial charge in [-0.15, -0.1) is 12.4 Å². The monoisotopic (exact) mass is 401 g/mol. The lowest BCUT2D eigenvalue weighted by Crippen LogP contribution is -2.51. The number of carbonyl (C=O) groups excluding carboxylic acids is 1. The number of rotatable bonds is 6. The number of aromatic nitrogens is 3. The molecule has 4 N–H and O–H groups in total. The van der Waals surface area contributed by atoms with Crippen molar-refractivity contribution >= 4 is 34.2 Å². The summed E-state index contributed by atoms with van der Waals surface area (Å²) < 4.78 is 0.998. The highest BCUT2D eigenvalue weighted by atomic mass is 79.9. The van der Waals surface area contributed by atoms with Crippen molar-refractivity contribution in [1.29, 1.82) is 0 Å². The van der Waals surface area contributed by atoms with E-state index in [0.29, 0.717) is 18.1 Å². The summed E-state index contributed by atoms with van der Waals surface area (Å²) in [7, 11) is 0. The number of amides is 1. The fraction of sp³-hybridized carbons (Fsp3) is 0.400. The van der Waals surface area contributed by atoms with Crippen LogP contribution < -0.4 is 11.1 Å². The lowest BCUT2D eigenvalue weighted by molar-refractivity contribution is -0.126. The maximum absolute atomic E-state index is 12.0. The second-order valence-corrected chi connectivity index (χ2v) is 6.38. The quantitative estimate of drug-likeness (QED) is 0.692. The number of nitrogens with two attached hydrogens (primary N) is 1. The number of nitrogens with one attached hydrogen (secondary N) is 2. The van der Waals surface area contributed by atoms with E-state index in [1.165, 1.54) is 0 Å². The van der Waals surface area contributed by atoms with E-state index in [1.807, 2.05) is 31.2 Å². The summed E-state index contributed by atoms with van der Waals surface area (Å²) in [4.78, 5) is 16.4. The lowest BCUT2D eigenvalue weighted by atomic mass is 9.97. The second kappa shape index (κ2) is 8.42. The first-order valence-corrected chi connectivity index (χ1v) is 7.96. The van der Waals surface area contributed by atoms with E-state index >= 15 is 0 Å². The minimum Gasteiger partial charge on any atom is -0.347 e. The number of H-pyrrole nitrogens is 1. The van der Waals surface area contributed by atoms with E-state index in [1.54, 1.807) is 6.92 Å². The predicted molar refractivity (Wildman–Crippen MR) is 96.1 cm³/mol. The molecule has 1 aromatic carbocycles. The molecule has 0 saturated heterocycles. The van der Waals surface area contributed by atoms with Gasteiger partial charge in [-0.1, -0.05) is 41.4 Å². The van der Waals surface area contributed by atoms with Crippen molar-refractivity contribution in [2.75, 3.05) is 0 Å². The third-order valence-corrected chi connectivity index (χ3v) is 3.87. The van der Waals surface area contributed by atoms with Crippen LogP contribution in [0.4, 0.5) is 0 Å². The first-order valence-electron chi connectivity index (χ1n) is 7.17. The third-order valence-electron chi connectivity index (χ3n) is 3.34. The van der Waals surface area contributed by atoms with E-state index in [9.17, 15) is 4.79 Å². The molecule has 1 heterocycles. The van der Waals surface area contributed by atoms with Crippen LogP contribution in [0.3, 0.4) is 0 Å². The highest BCUT2D eigenvalue weighted by Gasteiger charge is 2.26. The molecule has 1 aromatic heterocycles. The minimum absolute atomic E-state index is 0. The van der Waals surface area contributed by atoms with Crippen LogP contribution in [0.2, 0.25) is 0 Å². The molecule has 0 aliphatic rings. The number of carbonyl (C=O) groups is 1. The van der Waals surface area contributed by atoms with Gasteiger partial charge in [0.1, 0.15) is 5.82 Å². The summed E-state index contributed by atoms with van der Waals surface area (Å²) in [6.07, 6.45) is 1.50. The van der Waals surface area contributed by atoms with Gasteiger partial charge in [0, 0.05) is 10.0 Å². The highest BCUT2D eigenvalue weighted by Crippen LogP contribution is 2.18. The van der Waals surface area contributed by atoms with Gasteiger partial charge in [-0.05, 0) is 25.5 Å². The molecule has 8 heteroatoms. The Balaban J connectivity index is 0.00000264. The van der Waals surface area contributed by atoms with Crippen LogP contribution in [0.5, 0.6) is 0 Å². The summed E-state index contributed by atoms with van der Waals surface area (Å²) in [5.74, 6) is 1.01. The Hall–Kier alpha value is -1.44. The standard InChI is InChI=1S/C15H20BrN5O.ClH/c1-3-8-15(2,17)14(22)18-9-12-19-13(21-20-12)10-4-6-11(16)7-5-10;/h4-7H,3,8-9,17H2,1-2H3,(H,18,22)(H,19,20,21);1H. The van der Waals surface area contributed by atoms with Crippen LogP contribution in [-0.2, 0) is 11.3 Å². The number of halogens is 2. The van der Waals surface area contributed by atoms with Crippen LogP contribution in [0, 0.1) is 0 Å². The SMILES string of the molecule is CCCC(C)(N)C(=O)NCc1nc(-c2ccc(Br)cc2)n[nH]1.Cl. The molecule has 0 fully saturated rings. The Kier molecular flexibility index (Phi) is 7.18.